The third kappa shape index (κ3) is 2.68. The van der Waals surface area contributed by atoms with Crippen LogP contribution in [0.4, 0.5) is 0 Å². The molecule has 1 rings (SSSR count). The molecular formula is C9H11BrClNO. The highest BCUT2D eigenvalue weighted by atomic mass is 79.9. The van der Waals surface area contributed by atoms with Crippen molar-refractivity contribution < 1.29 is 4.74 Å². The zero-order chi connectivity index (χ0) is 9.84. The Balaban J connectivity index is 2.99. The molecule has 2 N–H and O–H groups in total. The van der Waals surface area contributed by atoms with Crippen LogP contribution in [0.25, 0.3) is 0 Å². The zero-order valence-electron chi connectivity index (χ0n) is 7.26. The molecule has 2 nitrogen and oxygen atoms in total. The van der Waals surface area contributed by atoms with Crippen molar-refractivity contribution in [3.8, 4) is 0 Å². The van der Waals surface area contributed by atoms with Gasteiger partial charge in [-0.05, 0) is 12.1 Å². The van der Waals surface area contributed by atoms with Gasteiger partial charge in [0.25, 0.3) is 0 Å². The molecule has 1 unspecified atom stereocenters. The summed E-state index contributed by atoms with van der Waals surface area (Å²) in [5, 5.41) is 0.673. The molecule has 0 saturated heterocycles. The summed E-state index contributed by atoms with van der Waals surface area (Å²) in [5.74, 6) is 0. The fraction of sp³-hybridized carbons (Fsp3) is 0.333. The van der Waals surface area contributed by atoms with E-state index in [2.05, 4.69) is 15.9 Å². The molecule has 0 bridgehead atoms. The van der Waals surface area contributed by atoms with Gasteiger partial charge in [0.2, 0.25) is 0 Å². The molecule has 0 radical (unpaired) electrons. The summed E-state index contributed by atoms with van der Waals surface area (Å²) in [6, 6.07) is 5.66. The van der Waals surface area contributed by atoms with E-state index in [1.54, 1.807) is 7.11 Å². The van der Waals surface area contributed by atoms with Crippen LogP contribution in [0, 0.1) is 0 Å². The van der Waals surface area contributed by atoms with Crippen molar-refractivity contribution >= 4 is 27.5 Å². The van der Waals surface area contributed by atoms with Gasteiger partial charge in [-0.2, -0.15) is 0 Å². The largest absolute Gasteiger partial charge is 0.375 e. The average molecular weight is 265 g/mol. The SMILES string of the molecule is COC(CN)c1ccc(Br)cc1Cl. The number of methoxy groups -OCH3 is 1. The van der Waals surface area contributed by atoms with Crippen LogP contribution in [0.15, 0.2) is 22.7 Å². The first-order valence-electron chi connectivity index (χ1n) is 3.87. The first-order valence-corrected chi connectivity index (χ1v) is 5.04. The lowest BCUT2D eigenvalue weighted by Gasteiger charge is -2.14. The second-order valence-corrected chi connectivity index (χ2v) is 3.95. The van der Waals surface area contributed by atoms with Gasteiger partial charge in [-0.3, -0.25) is 0 Å². The van der Waals surface area contributed by atoms with E-state index >= 15 is 0 Å². The first kappa shape index (κ1) is 11.0. The highest BCUT2D eigenvalue weighted by molar-refractivity contribution is 9.10. The van der Waals surface area contributed by atoms with Crippen LogP contribution < -0.4 is 5.73 Å². The molecular weight excluding hydrogens is 253 g/mol. The topological polar surface area (TPSA) is 35.2 Å². The number of hydrogen-bond acceptors (Lipinski definition) is 2. The molecule has 0 saturated carbocycles. The molecule has 0 amide bonds. The number of ether oxygens (including phenoxy) is 1. The summed E-state index contributed by atoms with van der Waals surface area (Å²) in [5.41, 5.74) is 6.45. The minimum atomic E-state index is -0.124. The Morgan fingerprint density at radius 3 is 2.77 bits per heavy atom. The van der Waals surface area contributed by atoms with Gasteiger partial charge in [-0.15, -0.1) is 0 Å². The number of halogens is 2. The highest BCUT2D eigenvalue weighted by Crippen LogP contribution is 2.27. The lowest BCUT2D eigenvalue weighted by molar-refractivity contribution is 0.110. The minimum absolute atomic E-state index is 0.124. The Hall–Kier alpha value is -0.0900. The van der Waals surface area contributed by atoms with Crippen LogP contribution in [-0.4, -0.2) is 13.7 Å². The fourth-order valence-corrected chi connectivity index (χ4v) is 1.91. The smallest absolute Gasteiger partial charge is 0.0957 e. The molecule has 0 aliphatic heterocycles. The molecule has 0 aliphatic rings. The van der Waals surface area contributed by atoms with Gasteiger partial charge < -0.3 is 10.5 Å². The van der Waals surface area contributed by atoms with E-state index < -0.39 is 0 Å². The number of rotatable bonds is 3. The van der Waals surface area contributed by atoms with Crippen LogP contribution in [0.2, 0.25) is 5.02 Å². The predicted molar refractivity (Wildman–Crippen MR) is 58.0 cm³/mol. The van der Waals surface area contributed by atoms with E-state index in [4.69, 9.17) is 22.1 Å². The van der Waals surface area contributed by atoms with Gasteiger partial charge in [0.05, 0.1) is 6.10 Å². The quantitative estimate of drug-likeness (QED) is 0.911. The Kier molecular flexibility index (Phi) is 4.19. The van der Waals surface area contributed by atoms with E-state index in [9.17, 15) is 0 Å². The van der Waals surface area contributed by atoms with E-state index in [0.29, 0.717) is 11.6 Å². The normalized spacial score (nSPS) is 12.9. The van der Waals surface area contributed by atoms with Gasteiger partial charge in [-0.25, -0.2) is 0 Å². The molecule has 13 heavy (non-hydrogen) atoms. The average Bonchev–Trinajstić information content (AvgIpc) is 2.10. The van der Waals surface area contributed by atoms with Gasteiger partial charge in [0.1, 0.15) is 0 Å². The Morgan fingerprint density at radius 2 is 2.31 bits per heavy atom. The fourth-order valence-electron chi connectivity index (χ4n) is 1.11. The molecule has 72 valence electrons. The van der Waals surface area contributed by atoms with Crippen LogP contribution in [0.3, 0.4) is 0 Å². The molecule has 0 spiro atoms. The van der Waals surface area contributed by atoms with Gasteiger partial charge in [-0.1, -0.05) is 33.6 Å². The van der Waals surface area contributed by atoms with Crippen LogP contribution in [-0.2, 0) is 4.74 Å². The molecule has 1 atom stereocenters. The Morgan fingerprint density at radius 1 is 1.62 bits per heavy atom. The van der Waals surface area contributed by atoms with Gasteiger partial charge in [0, 0.05) is 28.7 Å². The Labute approximate surface area is 91.2 Å². The molecule has 0 aliphatic carbocycles. The van der Waals surface area contributed by atoms with Crippen LogP contribution in [0.1, 0.15) is 11.7 Å². The van der Waals surface area contributed by atoms with Crippen molar-refractivity contribution in [1.82, 2.24) is 0 Å². The molecule has 0 fully saturated rings. The Bertz CT molecular complexity index is 289. The third-order valence-electron chi connectivity index (χ3n) is 1.81. The van der Waals surface area contributed by atoms with Crippen molar-refractivity contribution in [3.63, 3.8) is 0 Å². The molecule has 4 heteroatoms. The molecule has 0 heterocycles. The van der Waals surface area contributed by atoms with E-state index in [0.717, 1.165) is 10.0 Å². The summed E-state index contributed by atoms with van der Waals surface area (Å²) in [6.45, 7) is 0.428. The summed E-state index contributed by atoms with van der Waals surface area (Å²) in [6.07, 6.45) is -0.124. The summed E-state index contributed by atoms with van der Waals surface area (Å²) in [4.78, 5) is 0. The second-order valence-electron chi connectivity index (χ2n) is 2.63. The lowest BCUT2D eigenvalue weighted by Crippen LogP contribution is -2.14. The number of benzene rings is 1. The third-order valence-corrected chi connectivity index (χ3v) is 2.63. The maximum atomic E-state index is 6.02. The van der Waals surface area contributed by atoms with Crippen molar-refractivity contribution in [3.05, 3.63) is 33.3 Å². The van der Waals surface area contributed by atoms with Crippen molar-refractivity contribution in [2.24, 2.45) is 5.73 Å². The first-order chi connectivity index (χ1) is 6.19. The standard InChI is InChI=1S/C9H11BrClNO/c1-13-9(5-12)7-3-2-6(10)4-8(7)11/h2-4,9H,5,12H2,1H3. The van der Waals surface area contributed by atoms with E-state index in [1.807, 2.05) is 18.2 Å². The molecule has 1 aromatic rings. The van der Waals surface area contributed by atoms with Crippen LogP contribution in [0.5, 0.6) is 0 Å². The minimum Gasteiger partial charge on any atom is -0.375 e. The summed E-state index contributed by atoms with van der Waals surface area (Å²) in [7, 11) is 1.62. The maximum absolute atomic E-state index is 6.02. The summed E-state index contributed by atoms with van der Waals surface area (Å²) >= 11 is 9.35. The number of nitrogens with two attached hydrogens (primary N) is 1. The molecule has 0 aromatic heterocycles. The highest BCUT2D eigenvalue weighted by Gasteiger charge is 2.11. The molecule has 1 aromatic carbocycles. The van der Waals surface area contributed by atoms with Crippen molar-refractivity contribution in [2.45, 2.75) is 6.10 Å². The maximum Gasteiger partial charge on any atom is 0.0957 e. The van der Waals surface area contributed by atoms with Crippen LogP contribution >= 0.6 is 27.5 Å². The summed E-state index contributed by atoms with van der Waals surface area (Å²) < 4.78 is 6.13. The predicted octanol–water partition coefficient (Wildman–Crippen LogP) is 2.75. The van der Waals surface area contributed by atoms with E-state index in [1.165, 1.54) is 0 Å². The van der Waals surface area contributed by atoms with E-state index in [-0.39, 0.29) is 6.10 Å². The van der Waals surface area contributed by atoms with Crippen molar-refractivity contribution in [1.29, 1.82) is 0 Å². The van der Waals surface area contributed by atoms with Crippen molar-refractivity contribution in [2.75, 3.05) is 13.7 Å². The lowest BCUT2D eigenvalue weighted by atomic mass is 10.1. The zero-order valence-corrected chi connectivity index (χ0v) is 9.60. The number of hydrogen-bond donors (Lipinski definition) is 1. The van der Waals surface area contributed by atoms with Gasteiger partial charge in [0.15, 0.2) is 0 Å². The second kappa shape index (κ2) is 4.96. The monoisotopic (exact) mass is 263 g/mol. The van der Waals surface area contributed by atoms with Gasteiger partial charge >= 0.3 is 0 Å².